The van der Waals surface area contributed by atoms with Crippen molar-refractivity contribution < 1.29 is 14.6 Å². The fourth-order valence-electron chi connectivity index (χ4n) is 1.33. The molecule has 6 heteroatoms. The van der Waals surface area contributed by atoms with Crippen LogP contribution < -0.4 is 10.1 Å². The number of carbonyl (C=O) groups is 1. The van der Waals surface area contributed by atoms with Crippen molar-refractivity contribution in [1.82, 2.24) is 9.97 Å². The standard InChI is InChI=1S/C11H17N3O3/c1-17-10-8-12-7-9(14-10)13-6-4-2-3-5-11(15)16/h7-8H,2-6H2,1H3,(H,13,14)(H,15,16). The minimum Gasteiger partial charge on any atom is -0.481 e. The van der Waals surface area contributed by atoms with Crippen molar-refractivity contribution in [2.75, 3.05) is 19.0 Å². The summed E-state index contributed by atoms with van der Waals surface area (Å²) in [6.45, 7) is 0.751. The lowest BCUT2D eigenvalue weighted by Crippen LogP contribution is -2.04. The van der Waals surface area contributed by atoms with E-state index >= 15 is 0 Å². The van der Waals surface area contributed by atoms with Crippen LogP contribution in [0.2, 0.25) is 0 Å². The molecule has 1 rings (SSSR count). The Balaban J connectivity index is 2.15. The van der Waals surface area contributed by atoms with Crippen LogP contribution in [0.4, 0.5) is 5.82 Å². The van der Waals surface area contributed by atoms with E-state index in [0.29, 0.717) is 18.1 Å². The normalized spacial score (nSPS) is 9.94. The molecule has 1 heterocycles. The fraction of sp³-hybridized carbons (Fsp3) is 0.545. The highest BCUT2D eigenvalue weighted by Crippen LogP contribution is 2.08. The number of hydrogen-bond acceptors (Lipinski definition) is 5. The van der Waals surface area contributed by atoms with Gasteiger partial charge in [0.15, 0.2) is 0 Å². The van der Waals surface area contributed by atoms with Crippen molar-refractivity contribution in [1.29, 1.82) is 0 Å². The third-order valence-corrected chi connectivity index (χ3v) is 2.20. The number of nitrogens with zero attached hydrogens (tertiary/aromatic N) is 2. The van der Waals surface area contributed by atoms with Crippen molar-refractivity contribution in [3.05, 3.63) is 12.4 Å². The van der Waals surface area contributed by atoms with Gasteiger partial charge < -0.3 is 15.2 Å². The lowest BCUT2D eigenvalue weighted by Gasteiger charge is -2.05. The molecule has 0 bridgehead atoms. The van der Waals surface area contributed by atoms with E-state index in [1.54, 1.807) is 13.3 Å². The average molecular weight is 239 g/mol. The summed E-state index contributed by atoms with van der Waals surface area (Å²) in [4.78, 5) is 18.4. The molecule has 0 amide bonds. The Labute approximate surface area is 100 Å². The first-order valence-corrected chi connectivity index (χ1v) is 5.54. The molecule has 0 saturated carbocycles. The summed E-state index contributed by atoms with van der Waals surface area (Å²) in [7, 11) is 1.54. The van der Waals surface area contributed by atoms with E-state index in [1.807, 2.05) is 0 Å². The number of aromatic nitrogens is 2. The highest BCUT2D eigenvalue weighted by molar-refractivity contribution is 5.66. The molecule has 1 aromatic heterocycles. The smallest absolute Gasteiger partial charge is 0.303 e. The molecular weight excluding hydrogens is 222 g/mol. The molecule has 94 valence electrons. The quantitative estimate of drug-likeness (QED) is 0.669. The van der Waals surface area contributed by atoms with Crippen LogP contribution in [0.3, 0.4) is 0 Å². The van der Waals surface area contributed by atoms with E-state index in [0.717, 1.165) is 19.4 Å². The number of unbranched alkanes of at least 4 members (excludes halogenated alkanes) is 2. The van der Waals surface area contributed by atoms with Gasteiger partial charge in [-0.1, -0.05) is 6.42 Å². The molecule has 0 radical (unpaired) electrons. The van der Waals surface area contributed by atoms with Gasteiger partial charge in [-0.15, -0.1) is 0 Å². The molecule has 0 aliphatic heterocycles. The van der Waals surface area contributed by atoms with Crippen LogP contribution in [-0.4, -0.2) is 34.7 Å². The van der Waals surface area contributed by atoms with Crippen LogP contribution >= 0.6 is 0 Å². The van der Waals surface area contributed by atoms with Crippen molar-refractivity contribution in [3.8, 4) is 5.88 Å². The third-order valence-electron chi connectivity index (χ3n) is 2.20. The number of methoxy groups -OCH3 is 1. The second-order valence-electron chi connectivity index (χ2n) is 3.58. The SMILES string of the molecule is COc1cncc(NCCCCCC(=O)O)n1. The highest BCUT2D eigenvalue weighted by atomic mass is 16.5. The summed E-state index contributed by atoms with van der Waals surface area (Å²) in [5, 5.41) is 11.6. The molecule has 2 N–H and O–H groups in total. The average Bonchev–Trinajstić information content (AvgIpc) is 2.33. The molecule has 0 spiro atoms. The second-order valence-corrected chi connectivity index (χ2v) is 3.58. The van der Waals surface area contributed by atoms with Gasteiger partial charge in [-0.25, -0.2) is 0 Å². The molecule has 0 atom stereocenters. The molecule has 0 aliphatic carbocycles. The Morgan fingerprint density at radius 2 is 2.24 bits per heavy atom. The number of hydrogen-bond donors (Lipinski definition) is 2. The minimum absolute atomic E-state index is 0.235. The molecule has 0 saturated heterocycles. The first-order valence-electron chi connectivity index (χ1n) is 5.54. The Hall–Kier alpha value is -1.85. The van der Waals surface area contributed by atoms with Gasteiger partial charge >= 0.3 is 5.97 Å². The predicted octanol–water partition coefficient (Wildman–Crippen LogP) is 1.54. The van der Waals surface area contributed by atoms with Crippen LogP contribution in [0, 0.1) is 0 Å². The number of nitrogens with one attached hydrogen (secondary N) is 1. The molecule has 0 aromatic carbocycles. The highest BCUT2D eigenvalue weighted by Gasteiger charge is 1.98. The van der Waals surface area contributed by atoms with Crippen LogP contribution in [0.1, 0.15) is 25.7 Å². The Kier molecular flexibility index (Phi) is 5.77. The third kappa shape index (κ3) is 5.70. The number of rotatable bonds is 8. The number of aliphatic carboxylic acids is 1. The maximum atomic E-state index is 10.3. The van der Waals surface area contributed by atoms with Gasteiger partial charge in [0.25, 0.3) is 0 Å². The topological polar surface area (TPSA) is 84.3 Å². The van der Waals surface area contributed by atoms with Gasteiger partial charge in [-0.2, -0.15) is 4.98 Å². The summed E-state index contributed by atoms with van der Waals surface area (Å²) in [5.41, 5.74) is 0. The van der Waals surface area contributed by atoms with Gasteiger partial charge in [0.1, 0.15) is 5.82 Å². The molecule has 0 fully saturated rings. The Morgan fingerprint density at radius 3 is 2.94 bits per heavy atom. The van der Waals surface area contributed by atoms with Gasteiger partial charge in [-0.05, 0) is 12.8 Å². The lowest BCUT2D eigenvalue weighted by molar-refractivity contribution is -0.137. The van der Waals surface area contributed by atoms with Crippen LogP contribution in [0.25, 0.3) is 0 Å². The monoisotopic (exact) mass is 239 g/mol. The summed E-state index contributed by atoms with van der Waals surface area (Å²) in [6, 6.07) is 0. The maximum absolute atomic E-state index is 10.3. The van der Waals surface area contributed by atoms with E-state index in [1.165, 1.54) is 6.20 Å². The van der Waals surface area contributed by atoms with E-state index in [4.69, 9.17) is 9.84 Å². The second kappa shape index (κ2) is 7.43. The molecule has 1 aromatic rings. The lowest BCUT2D eigenvalue weighted by atomic mass is 10.2. The summed E-state index contributed by atoms with van der Waals surface area (Å²) < 4.78 is 4.95. The minimum atomic E-state index is -0.739. The van der Waals surface area contributed by atoms with E-state index in [-0.39, 0.29) is 6.42 Å². The summed E-state index contributed by atoms with van der Waals surface area (Å²) in [6.07, 6.45) is 5.90. The van der Waals surface area contributed by atoms with E-state index < -0.39 is 5.97 Å². The van der Waals surface area contributed by atoms with E-state index in [2.05, 4.69) is 15.3 Å². The zero-order valence-electron chi connectivity index (χ0n) is 9.85. The van der Waals surface area contributed by atoms with Crippen molar-refractivity contribution in [2.45, 2.75) is 25.7 Å². The van der Waals surface area contributed by atoms with Gasteiger partial charge in [0.05, 0.1) is 19.5 Å². The zero-order chi connectivity index (χ0) is 12.5. The first-order chi connectivity index (χ1) is 8.22. The largest absolute Gasteiger partial charge is 0.481 e. The number of anilines is 1. The van der Waals surface area contributed by atoms with Crippen LogP contribution in [0.15, 0.2) is 12.4 Å². The van der Waals surface area contributed by atoms with Crippen LogP contribution in [0.5, 0.6) is 5.88 Å². The van der Waals surface area contributed by atoms with Crippen LogP contribution in [-0.2, 0) is 4.79 Å². The fourth-order valence-corrected chi connectivity index (χ4v) is 1.33. The number of carboxylic acids is 1. The summed E-state index contributed by atoms with van der Waals surface area (Å²) >= 11 is 0. The summed E-state index contributed by atoms with van der Waals surface area (Å²) in [5.74, 6) is 0.403. The molecule has 17 heavy (non-hydrogen) atoms. The zero-order valence-corrected chi connectivity index (χ0v) is 9.85. The Bertz CT molecular complexity index is 358. The maximum Gasteiger partial charge on any atom is 0.303 e. The van der Waals surface area contributed by atoms with Gasteiger partial charge in [-0.3, -0.25) is 9.78 Å². The van der Waals surface area contributed by atoms with Gasteiger partial charge in [0.2, 0.25) is 5.88 Å². The molecule has 0 unspecified atom stereocenters. The van der Waals surface area contributed by atoms with Crippen molar-refractivity contribution in [3.63, 3.8) is 0 Å². The van der Waals surface area contributed by atoms with Crippen molar-refractivity contribution >= 4 is 11.8 Å². The number of ether oxygens (including phenoxy) is 1. The number of carboxylic acid groups (broad SMARTS) is 1. The molecular formula is C11H17N3O3. The van der Waals surface area contributed by atoms with Gasteiger partial charge in [0, 0.05) is 13.0 Å². The first kappa shape index (κ1) is 13.2. The van der Waals surface area contributed by atoms with E-state index in [9.17, 15) is 4.79 Å². The Morgan fingerprint density at radius 1 is 1.41 bits per heavy atom. The predicted molar refractivity (Wildman–Crippen MR) is 63.2 cm³/mol. The van der Waals surface area contributed by atoms with Crippen molar-refractivity contribution in [2.24, 2.45) is 0 Å². The molecule has 6 nitrogen and oxygen atoms in total. The molecule has 0 aliphatic rings.